The third-order valence-corrected chi connectivity index (χ3v) is 3.18. The number of nitrogen functional groups attached to an aromatic ring is 1. The molecule has 5 nitrogen and oxygen atoms in total. The van der Waals surface area contributed by atoms with E-state index in [1.54, 1.807) is 5.38 Å². The van der Waals surface area contributed by atoms with Gasteiger partial charge in [0.15, 0.2) is 5.13 Å². The molecule has 0 bridgehead atoms. The van der Waals surface area contributed by atoms with Crippen LogP contribution in [0.15, 0.2) is 35.7 Å². The van der Waals surface area contributed by atoms with E-state index in [1.807, 2.05) is 36.4 Å². The van der Waals surface area contributed by atoms with Gasteiger partial charge in [-0.15, -0.1) is 11.3 Å². The summed E-state index contributed by atoms with van der Waals surface area (Å²) in [4.78, 5) is 17.6. The summed E-state index contributed by atoms with van der Waals surface area (Å²) in [7, 11) is 0. The van der Waals surface area contributed by atoms with Gasteiger partial charge in [0.2, 0.25) is 0 Å². The Morgan fingerprint density at radius 2 is 2.16 bits per heavy atom. The molecule has 0 saturated carbocycles. The number of aromatic nitrogens is 1. The Bertz CT molecular complexity index is 603. The molecular weight excluding hydrogens is 260 g/mol. The number of amides is 1. The van der Waals surface area contributed by atoms with E-state index >= 15 is 0 Å². The zero-order valence-corrected chi connectivity index (χ0v) is 10.9. The Balaban J connectivity index is 2.16. The van der Waals surface area contributed by atoms with Crippen molar-refractivity contribution in [3.63, 3.8) is 0 Å². The third kappa shape index (κ3) is 3.30. The van der Waals surface area contributed by atoms with Gasteiger partial charge in [0, 0.05) is 11.9 Å². The quantitative estimate of drug-likeness (QED) is 0.861. The summed E-state index contributed by atoms with van der Waals surface area (Å²) in [5.74, 6) is -0.279. The van der Waals surface area contributed by atoms with Gasteiger partial charge < -0.3 is 10.6 Å². The van der Waals surface area contributed by atoms with Gasteiger partial charge in [-0.25, -0.2) is 4.98 Å². The predicted molar refractivity (Wildman–Crippen MR) is 73.3 cm³/mol. The number of thiazole rings is 1. The summed E-state index contributed by atoms with van der Waals surface area (Å²) < 4.78 is 0. The fourth-order valence-electron chi connectivity index (χ4n) is 1.64. The lowest BCUT2D eigenvalue weighted by Crippen LogP contribution is -2.31. The van der Waals surface area contributed by atoms with Crippen LogP contribution in [0.1, 0.15) is 16.1 Å². The van der Waals surface area contributed by atoms with E-state index in [4.69, 9.17) is 11.0 Å². The van der Waals surface area contributed by atoms with Gasteiger partial charge in [-0.05, 0) is 5.56 Å². The Labute approximate surface area is 114 Å². The van der Waals surface area contributed by atoms with Crippen LogP contribution in [0.2, 0.25) is 0 Å². The summed E-state index contributed by atoms with van der Waals surface area (Å²) in [5, 5.41) is 10.8. The smallest absolute Gasteiger partial charge is 0.274 e. The molecule has 0 aliphatic rings. The fourth-order valence-corrected chi connectivity index (χ4v) is 2.17. The summed E-state index contributed by atoms with van der Waals surface area (Å²) >= 11 is 1.21. The van der Waals surface area contributed by atoms with Crippen molar-refractivity contribution < 1.29 is 4.79 Å². The maximum atomic E-state index is 12.2. The van der Waals surface area contributed by atoms with E-state index in [0.717, 1.165) is 5.56 Å². The highest BCUT2D eigenvalue weighted by Gasteiger charge is 2.18. The zero-order valence-electron chi connectivity index (χ0n) is 10.1. The topological polar surface area (TPSA) is 83.0 Å². The molecule has 1 amide bonds. The molecule has 1 heterocycles. The largest absolute Gasteiger partial charge is 0.375 e. The van der Waals surface area contributed by atoms with Crippen LogP contribution < -0.4 is 5.73 Å². The van der Waals surface area contributed by atoms with Crippen molar-refractivity contribution in [2.45, 2.75) is 6.54 Å². The van der Waals surface area contributed by atoms with Crippen molar-refractivity contribution in [1.29, 1.82) is 5.26 Å². The first-order valence-electron chi connectivity index (χ1n) is 5.62. The van der Waals surface area contributed by atoms with Crippen LogP contribution in [-0.2, 0) is 6.54 Å². The maximum Gasteiger partial charge on any atom is 0.274 e. The Kier molecular flexibility index (Phi) is 4.11. The average molecular weight is 272 g/mol. The molecule has 0 fully saturated rings. The number of carbonyl (C=O) groups is 1. The number of hydrogen-bond acceptors (Lipinski definition) is 5. The second kappa shape index (κ2) is 5.98. The van der Waals surface area contributed by atoms with Crippen LogP contribution in [0.4, 0.5) is 5.13 Å². The molecule has 0 radical (unpaired) electrons. The number of nitriles is 1. The van der Waals surface area contributed by atoms with Crippen LogP contribution >= 0.6 is 11.3 Å². The molecule has 1 aromatic carbocycles. The second-order valence-electron chi connectivity index (χ2n) is 3.88. The van der Waals surface area contributed by atoms with Crippen LogP contribution in [-0.4, -0.2) is 22.3 Å². The maximum absolute atomic E-state index is 12.2. The number of nitrogens with zero attached hydrogens (tertiary/aromatic N) is 3. The van der Waals surface area contributed by atoms with E-state index in [0.29, 0.717) is 11.7 Å². The minimum atomic E-state index is -0.279. The molecule has 0 aliphatic carbocycles. The lowest BCUT2D eigenvalue weighted by Gasteiger charge is -2.18. The molecule has 1 aromatic heterocycles. The summed E-state index contributed by atoms with van der Waals surface area (Å²) in [5.41, 5.74) is 6.77. The Hall–Kier alpha value is -2.39. The standard InChI is InChI=1S/C13H12N4OS/c14-6-7-17(8-10-4-2-1-3-5-10)12(18)11-9-19-13(15)16-11/h1-5,9H,7-8H2,(H2,15,16). The third-order valence-electron chi connectivity index (χ3n) is 2.51. The Morgan fingerprint density at radius 3 is 2.74 bits per heavy atom. The van der Waals surface area contributed by atoms with E-state index in [2.05, 4.69) is 4.98 Å². The van der Waals surface area contributed by atoms with Crippen LogP contribution in [0.3, 0.4) is 0 Å². The van der Waals surface area contributed by atoms with Crippen molar-refractivity contribution >= 4 is 22.4 Å². The number of hydrogen-bond donors (Lipinski definition) is 1. The first kappa shape index (κ1) is 13.1. The molecule has 0 spiro atoms. The molecule has 2 N–H and O–H groups in total. The number of benzene rings is 1. The van der Waals surface area contributed by atoms with Crippen LogP contribution in [0, 0.1) is 11.3 Å². The van der Waals surface area contributed by atoms with E-state index in [9.17, 15) is 4.79 Å². The average Bonchev–Trinajstić information content (AvgIpc) is 2.85. The molecule has 6 heteroatoms. The number of carbonyl (C=O) groups excluding carboxylic acids is 1. The van der Waals surface area contributed by atoms with Crippen molar-refractivity contribution in [2.75, 3.05) is 12.3 Å². The molecule has 0 aliphatic heterocycles. The minimum Gasteiger partial charge on any atom is -0.375 e. The summed E-state index contributed by atoms with van der Waals surface area (Å²) in [6, 6.07) is 11.5. The van der Waals surface area contributed by atoms with Crippen molar-refractivity contribution in [2.24, 2.45) is 0 Å². The predicted octanol–water partition coefficient (Wildman–Crippen LogP) is 1.89. The molecule has 2 aromatic rings. The number of rotatable bonds is 4. The normalized spacial score (nSPS) is 9.84. The van der Waals surface area contributed by atoms with Gasteiger partial charge in [0.05, 0.1) is 6.07 Å². The molecule has 0 saturated heterocycles. The highest BCUT2D eigenvalue weighted by atomic mass is 32.1. The van der Waals surface area contributed by atoms with Gasteiger partial charge in [-0.3, -0.25) is 4.79 Å². The molecule has 19 heavy (non-hydrogen) atoms. The van der Waals surface area contributed by atoms with Gasteiger partial charge in [0.25, 0.3) is 5.91 Å². The monoisotopic (exact) mass is 272 g/mol. The lowest BCUT2D eigenvalue weighted by molar-refractivity contribution is 0.0760. The molecule has 2 rings (SSSR count). The first-order chi connectivity index (χ1) is 9.20. The van der Waals surface area contributed by atoms with Gasteiger partial charge in [-0.2, -0.15) is 5.26 Å². The van der Waals surface area contributed by atoms with E-state index < -0.39 is 0 Å². The van der Waals surface area contributed by atoms with Gasteiger partial charge >= 0.3 is 0 Å². The lowest BCUT2D eigenvalue weighted by atomic mass is 10.2. The highest BCUT2D eigenvalue weighted by Crippen LogP contribution is 2.14. The first-order valence-corrected chi connectivity index (χ1v) is 6.50. The van der Waals surface area contributed by atoms with E-state index in [1.165, 1.54) is 16.2 Å². The SMILES string of the molecule is N#CCN(Cc1ccccc1)C(=O)c1csc(N)n1. The van der Waals surface area contributed by atoms with Crippen molar-refractivity contribution in [1.82, 2.24) is 9.88 Å². The molecular formula is C13H12N4OS. The Morgan fingerprint density at radius 1 is 1.42 bits per heavy atom. The van der Waals surface area contributed by atoms with Crippen molar-refractivity contribution in [3.05, 3.63) is 47.0 Å². The van der Waals surface area contributed by atoms with Crippen molar-refractivity contribution in [3.8, 4) is 6.07 Å². The molecule has 0 unspecified atom stereocenters. The summed E-state index contributed by atoms with van der Waals surface area (Å²) in [6.07, 6.45) is 0. The molecule has 96 valence electrons. The number of anilines is 1. The van der Waals surface area contributed by atoms with Gasteiger partial charge in [-0.1, -0.05) is 30.3 Å². The second-order valence-corrected chi connectivity index (χ2v) is 4.77. The minimum absolute atomic E-state index is 0.0190. The fraction of sp³-hybridized carbons (Fsp3) is 0.154. The number of nitrogens with two attached hydrogens (primary N) is 1. The van der Waals surface area contributed by atoms with E-state index in [-0.39, 0.29) is 18.1 Å². The molecule has 0 atom stereocenters. The highest BCUT2D eigenvalue weighted by molar-refractivity contribution is 7.13. The summed E-state index contributed by atoms with van der Waals surface area (Å²) in [6.45, 7) is 0.399. The van der Waals surface area contributed by atoms with Crippen LogP contribution in [0.5, 0.6) is 0 Å². The van der Waals surface area contributed by atoms with Gasteiger partial charge in [0.1, 0.15) is 12.2 Å². The van der Waals surface area contributed by atoms with Crippen LogP contribution in [0.25, 0.3) is 0 Å². The zero-order chi connectivity index (χ0) is 13.7.